The number of carbonyl (C=O) groups is 2. The fourth-order valence-electron chi connectivity index (χ4n) is 3.58. The lowest BCUT2D eigenvalue weighted by atomic mass is 10.0. The molecule has 2 N–H and O–H groups in total. The Kier molecular flexibility index (Phi) is 4.66. The lowest BCUT2D eigenvalue weighted by Gasteiger charge is -2.31. The van der Waals surface area contributed by atoms with Crippen molar-refractivity contribution in [3.8, 4) is 0 Å². The molecular formula is C20H20ClN3O3. The van der Waals surface area contributed by atoms with Crippen LogP contribution in [0, 0.1) is 6.92 Å². The van der Waals surface area contributed by atoms with Crippen LogP contribution in [0.4, 0.5) is 0 Å². The van der Waals surface area contributed by atoms with Crippen LogP contribution in [0.5, 0.6) is 0 Å². The largest absolute Gasteiger partial charge is 0.459 e. The molecule has 2 aromatic heterocycles. The molecule has 0 aliphatic carbocycles. The third-order valence-electron chi connectivity index (χ3n) is 5.12. The third-order valence-corrected chi connectivity index (χ3v) is 5.43. The lowest BCUT2D eigenvalue weighted by molar-refractivity contribution is 0.0667. The van der Waals surface area contributed by atoms with E-state index in [2.05, 4.69) is 10.3 Å². The number of likely N-dealkylation sites (tertiary alicyclic amines) is 1. The molecule has 140 valence electrons. The number of halogens is 1. The number of carbonyl (C=O) groups excluding carboxylic acids is 2. The van der Waals surface area contributed by atoms with Crippen molar-refractivity contribution in [2.45, 2.75) is 25.8 Å². The molecule has 3 heterocycles. The molecule has 0 radical (unpaired) electrons. The van der Waals surface area contributed by atoms with Gasteiger partial charge in [0.05, 0.1) is 16.8 Å². The van der Waals surface area contributed by atoms with Crippen LogP contribution < -0.4 is 5.32 Å². The summed E-state index contributed by atoms with van der Waals surface area (Å²) in [5, 5.41) is 4.62. The normalized spacial score (nSPS) is 15.3. The summed E-state index contributed by atoms with van der Waals surface area (Å²) in [4.78, 5) is 30.0. The highest BCUT2D eigenvalue weighted by atomic mass is 35.5. The topological polar surface area (TPSA) is 78.3 Å². The summed E-state index contributed by atoms with van der Waals surface area (Å²) in [6.45, 7) is 3.08. The number of rotatable bonds is 3. The SMILES string of the molecule is Cc1c(C(=O)NC2CCN(C(=O)c3ccco3)CC2)[nH]c2c(Cl)cccc12. The van der Waals surface area contributed by atoms with Gasteiger partial charge in [-0.15, -0.1) is 0 Å². The van der Waals surface area contributed by atoms with Gasteiger partial charge in [0.15, 0.2) is 5.76 Å². The van der Waals surface area contributed by atoms with Crippen molar-refractivity contribution in [2.24, 2.45) is 0 Å². The van der Waals surface area contributed by atoms with E-state index in [1.165, 1.54) is 6.26 Å². The molecular weight excluding hydrogens is 366 g/mol. The molecule has 1 aliphatic rings. The van der Waals surface area contributed by atoms with Crippen molar-refractivity contribution in [3.05, 3.63) is 58.6 Å². The van der Waals surface area contributed by atoms with Crippen LogP contribution in [0.25, 0.3) is 10.9 Å². The molecule has 1 aliphatic heterocycles. The monoisotopic (exact) mass is 385 g/mol. The maximum absolute atomic E-state index is 12.7. The Labute approximate surface area is 161 Å². The van der Waals surface area contributed by atoms with Gasteiger partial charge in [-0.1, -0.05) is 23.7 Å². The number of amides is 2. The zero-order valence-electron chi connectivity index (χ0n) is 14.9. The van der Waals surface area contributed by atoms with E-state index in [0.29, 0.717) is 42.4 Å². The van der Waals surface area contributed by atoms with Gasteiger partial charge in [-0.05, 0) is 43.5 Å². The summed E-state index contributed by atoms with van der Waals surface area (Å²) in [5.74, 6) is 0.101. The van der Waals surface area contributed by atoms with Gasteiger partial charge >= 0.3 is 0 Å². The van der Waals surface area contributed by atoms with Crippen LogP contribution >= 0.6 is 11.6 Å². The second-order valence-electron chi connectivity index (χ2n) is 6.80. The summed E-state index contributed by atoms with van der Waals surface area (Å²) >= 11 is 6.22. The van der Waals surface area contributed by atoms with Gasteiger partial charge in [-0.25, -0.2) is 0 Å². The van der Waals surface area contributed by atoms with E-state index >= 15 is 0 Å². The first-order valence-electron chi connectivity index (χ1n) is 8.95. The summed E-state index contributed by atoms with van der Waals surface area (Å²) in [6, 6.07) is 9.02. The Bertz CT molecular complexity index is 985. The highest BCUT2D eigenvalue weighted by Gasteiger charge is 2.27. The minimum Gasteiger partial charge on any atom is -0.459 e. The molecule has 0 saturated carbocycles. The highest BCUT2D eigenvalue weighted by Crippen LogP contribution is 2.27. The van der Waals surface area contributed by atoms with Gasteiger partial charge in [0.1, 0.15) is 5.69 Å². The van der Waals surface area contributed by atoms with E-state index in [9.17, 15) is 9.59 Å². The van der Waals surface area contributed by atoms with E-state index in [1.807, 2.05) is 19.1 Å². The Morgan fingerprint density at radius 2 is 2.00 bits per heavy atom. The number of furan rings is 1. The van der Waals surface area contributed by atoms with E-state index in [0.717, 1.165) is 16.5 Å². The number of aromatic nitrogens is 1. The molecule has 7 heteroatoms. The maximum Gasteiger partial charge on any atom is 0.289 e. The number of para-hydroxylation sites is 1. The van der Waals surface area contributed by atoms with Crippen LogP contribution in [-0.2, 0) is 0 Å². The van der Waals surface area contributed by atoms with Crippen LogP contribution in [-0.4, -0.2) is 40.8 Å². The van der Waals surface area contributed by atoms with Crippen LogP contribution in [0.3, 0.4) is 0 Å². The van der Waals surface area contributed by atoms with Gasteiger partial charge in [0, 0.05) is 24.5 Å². The van der Waals surface area contributed by atoms with Gasteiger partial charge in [0.25, 0.3) is 11.8 Å². The fourth-order valence-corrected chi connectivity index (χ4v) is 3.81. The number of piperidine rings is 1. The quantitative estimate of drug-likeness (QED) is 0.720. The Hall–Kier alpha value is -2.73. The fraction of sp³-hybridized carbons (Fsp3) is 0.300. The predicted octanol–water partition coefficient (Wildman–Crippen LogP) is 3.76. The first-order valence-corrected chi connectivity index (χ1v) is 9.33. The van der Waals surface area contributed by atoms with Crippen LogP contribution in [0.1, 0.15) is 39.4 Å². The molecule has 1 aromatic carbocycles. The summed E-state index contributed by atoms with van der Waals surface area (Å²) in [6.07, 6.45) is 2.91. The van der Waals surface area contributed by atoms with Crippen molar-refractivity contribution in [1.82, 2.24) is 15.2 Å². The first-order chi connectivity index (χ1) is 13.0. The van der Waals surface area contributed by atoms with E-state index in [-0.39, 0.29) is 17.9 Å². The Morgan fingerprint density at radius 1 is 1.22 bits per heavy atom. The third kappa shape index (κ3) is 3.32. The van der Waals surface area contributed by atoms with Crippen molar-refractivity contribution in [3.63, 3.8) is 0 Å². The van der Waals surface area contributed by atoms with E-state index in [4.69, 9.17) is 16.0 Å². The number of aryl methyl sites for hydroxylation is 1. The average molecular weight is 386 g/mol. The molecule has 0 spiro atoms. The maximum atomic E-state index is 12.7. The van der Waals surface area contributed by atoms with Gasteiger partial charge in [0.2, 0.25) is 0 Å². The average Bonchev–Trinajstić information content (AvgIpc) is 3.31. The predicted molar refractivity (Wildman–Crippen MR) is 103 cm³/mol. The number of hydrogen-bond donors (Lipinski definition) is 2. The second kappa shape index (κ2) is 7.12. The number of aromatic amines is 1. The van der Waals surface area contributed by atoms with Gasteiger partial charge < -0.3 is 19.6 Å². The zero-order chi connectivity index (χ0) is 19.0. The number of H-pyrrole nitrogens is 1. The summed E-state index contributed by atoms with van der Waals surface area (Å²) in [5.41, 5.74) is 2.20. The molecule has 0 bridgehead atoms. The molecule has 2 amide bonds. The molecule has 0 unspecified atom stereocenters. The second-order valence-corrected chi connectivity index (χ2v) is 7.21. The van der Waals surface area contributed by atoms with E-state index < -0.39 is 0 Å². The minimum atomic E-state index is -0.143. The molecule has 3 aromatic rings. The van der Waals surface area contributed by atoms with Gasteiger partial charge in [-0.3, -0.25) is 9.59 Å². The first kappa shape index (κ1) is 17.7. The number of fused-ring (bicyclic) bond motifs is 1. The highest BCUT2D eigenvalue weighted by molar-refractivity contribution is 6.35. The molecule has 1 fully saturated rings. The van der Waals surface area contributed by atoms with Crippen molar-refractivity contribution in [2.75, 3.05) is 13.1 Å². The van der Waals surface area contributed by atoms with E-state index in [1.54, 1.807) is 23.1 Å². The van der Waals surface area contributed by atoms with Crippen LogP contribution in [0.2, 0.25) is 5.02 Å². The Balaban J connectivity index is 1.41. The number of nitrogens with zero attached hydrogens (tertiary/aromatic N) is 1. The molecule has 0 atom stereocenters. The number of nitrogens with one attached hydrogen (secondary N) is 2. The molecule has 27 heavy (non-hydrogen) atoms. The lowest BCUT2D eigenvalue weighted by Crippen LogP contribution is -2.46. The Morgan fingerprint density at radius 3 is 2.67 bits per heavy atom. The van der Waals surface area contributed by atoms with Crippen LogP contribution in [0.15, 0.2) is 41.0 Å². The van der Waals surface area contributed by atoms with Crippen molar-refractivity contribution < 1.29 is 14.0 Å². The van der Waals surface area contributed by atoms with Gasteiger partial charge in [-0.2, -0.15) is 0 Å². The molecule has 1 saturated heterocycles. The minimum absolute atomic E-state index is 0.0273. The smallest absolute Gasteiger partial charge is 0.289 e. The van der Waals surface area contributed by atoms with Crippen molar-refractivity contribution in [1.29, 1.82) is 0 Å². The number of benzene rings is 1. The summed E-state index contributed by atoms with van der Waals surface area (Å²) in [7, 11) is 0. The van der Waals surface area contributed by atoms with Crippen molar-refractivity contribution >= 4 is 34.3 Å². The molecule has 4 rings (SSSR count). The number of hydrogen-bond acceptors (Lipinski definition) is 3. The molecule has 6 nitrogen and oxygen atoms in total. The standard InChI is InChI=1S/C20H20ClN3O3/c1-12-14-4-2-5-15(21)18(14)23-17(12)19(25)22-13-7-9-24(10-8-13)20(26)16-6-3-11-27-16/h2-6,11,13,23H,7-10H2,1H3,(H,22,25). The zero-order valence-corrected chi connectivity index (χ0v) is 15.7. The summed E-state index contributed by atoms with van der Waals surface area (Å²) < 4.78 is 5.17.